The number of halogens is 1. The summed E-state index contributed by atoms with van der Waals surface area (Å²) in [5, 5.41) is 6.14. The van der Waals surface area contributed by atoms with Crippen LogP contribution >= 0.6 is 0 Å². The number of aryl methyl sites for hydroxylation is 1. The van der Waals surface area contributed by atoms with Crippen molar-refractivity contribution in [3.63, 3.8) is 0 Å². The van der Waals surface area contributed by atoms with E-state index in [9.17, 15) is 4.79 Å². The number of pyridine rings is 1. The topological polar surface area (TPSA) is 105 Å². The number of aromatic amines is 1. The zero-order chi connectivity index (χ0) is 20.2. The van der Waals surface area contributed by atoms with E-state index in [1.807, 2.05) is 0 Å². The Balaban J connectivity index is 1.45. The molecule has 0 aromatic carbocycles. The molecule has 0 saturated carbocycles. The van der Waals surface area contributed by atoms with Crippen LogP contribution in [0.5, 0.6) is 11.8 Å². The largest absolute Gasteiger partial charge is 0.417 e. The fraction of sp³-hybridized carbons (Fsp3) is 0.333. The van der Waals surface area contributed by atoms with Crippen LogP contribution in [0.15, 0.2) is 12.5 Å². The van der Waals surface area contributed by atoms with Crippen LogP contribution in [-0.4, -0.2) is 38.9 Å². The molecule has 0 atom stereocenters. The van der Waals surface area contributed by atoms with Crippen LogP contribution in [0.25, 0.3) is 11.3 Å². The molecule has 9 heteroatoms. The van der Waals surface area contributed by atoms with Crippen LogP contribution < -0.4 is 15.4 Å². The first-order valence-electron chi connectivity index (χ1n) is 10.1. The number of carbonyl (C=O) groups excluding carboxylic acids is 1. The van der Waals surface area contributed by atoms with Gasteiger partial charge in [0.1, 0.15) is 6.33 Å². The summed E-state index contributed by atoms with van der Waals surface area (Å²) < 4.78 is 21.5. The minimum atomic E-state index is -0.538. The van der Waals surface area contributed by atoms with Crippen LogP contribution in [0.1, 0.15) is 38.4 Å². The Morgan fingerprint density at radius 2 is 1.90 bits per heavy atom. The molecule has 0 unspecified atom stereocenters. The van der Waals surface area contributed by atoms with Crippen molar-refractivity contribution >= 4 is 5.91 Å². The Morgan fingerprint density at radius 3 is 2.83 bits per heavy atom. The molecule has 3 aromatic rings. The van der Waals surface area contributed by atoms with Gasteiger partial charge in [-0.1, -0.05) is 0 Å². The lowest BCUT2D eigenvalue weighted by Crippen LogP contribution is -2.32. The molecule has 0 radical (unpaired) electrons. The van der Waals surface area contributed by atoms with Crippen molar-refractivity contribution in [3.8, 4) is 23.0 Å². The molecular formula is C21H19FN6O2. The van der Waals surface area contributed by atoms with Gasteiger partial charge in [-0.3, -0.25) is 4.79 Å². The molecule has 6 rings (SSSR count). The highest BCUT2D eigenvalue weighted by molar-refractivity contribution is 6.00. The van der Waals surface area contributed by atoms with Crippen molar-refractivity contribution in [2.75, 3.05) is 13.1 Å². The minimum absolute atomic E-state index is 0.0942. The number of hydrogen-bond acceptors (Lipinski definition) is 6. The Morgan fingerprint density at radius 1 is 0.967 bits per heavy atom. The standard InChI is InChI=1S/C21H19FN6O2/c22-17-15-10(1-2-11-16-14(28-18(11)15)4-6-24-19(16)29)7-25-21(17)30-20-12-8-23-5-3-13(12)26-9-27-20/h7,9,23,28H,1-6,8H2,(H,24,29). The second-order valence-corrected chi connectivity index (χ2v) is 7.75. The van der Waals surface area contributed by atoms with Crippen LogP contribution in [0.3, 0.4) is 0 Å². The molecule has 2 aliphatic heterocycles. The molecule has 0 bridgehead atoms. The molecule has 152 valence electrons. The first kappa shape index (κ1) is 17.5. The number of aromatic nitrogens is 4. The van der Waals surface area contributed by atoms with E-state index >= 15 is 4.39 Å². The summed E-state index contributed by atoms with van der Waals surface area (Å²) >= 11 is 0. The van der Waals surface area contributed by atoms with Gasteiger partial charge in [-0.25, -0.2) is 19.3 Å². The van der Waals surface area contributed by atoms with Gasteiger partial charge in [0.2, 0.25) is 5.88 Å². The van der Waals surface area contributed by atoms with Crippen molar-refractivity contribution < 1.29 is 13.9 Å². The van der Waals surface area contributed by atoms with Crippen LogP contribution in [0.2, 0.25) is 0 Å². The predicted molar refractivity (Wildman–Crippen MR) is 105 cm³/mol. The van der Waals surface area contributed by atoms with E-state index < -0.39 is 5.82 Å². The number of rotatable bonds is 2. The van der Waals surface area contributed by atoms with Gasteiger partial charge in [-0.15, -0.1) is 0 Å². The molecular weight excluding hydrogens is 387 g/mol. The summed E-state index contributed by atoms with van der Waals surface area (Å²) in [4.78, 5) is 28.4. The number of fused-ring (bicyclic) bond motifs is 6. The first-order chi connectivity index (χ1) is 14.7. The lowest BCUT2D eigenvalue weighted by Gasteiger charge is -2.20. The third-order valence-corrected chi connectivity index (χ3v) is 6.06. The third kappa shape index (κ3) is 2.55. The van der Waals surface area contributed by atoms with E-state index in [0.29, 0.717) is 55.1 Å². The van der Waals surface area contributed by atoms with E-state index in [-0.39, 0.29) is 11.8 Å². The summed E-state index contributed by atoms with van der Waals surface area (Å²) in [6, 6.07) is 0. The zero-order valence-corrected chi connectivity index (χ0v) is 16.1. The molecule has 5 heterocycles. The highest BCUT2D eigenvalue weighted by Gasteiger charge is 2.32. The van der Waals surface area contributed by atoms with Gasteiger partial charge in [0, 0.05) is 49.9 Å². The maximum absolute atomic E-state index is 15.6. The third-order valence-electron chi connectivity index (χ3n) is 6.06. The smallest absolute Gasteiger partial charge is 0.258 e. The van der Waals surface area contributed by atoms with Gasteiger partial charge >= 0.3 is 0 Å². The van der Waals surface area contributed by atoms with Crippen LogP contribution in [0.4, 0.5) is 4.39 Å². The molecule has 0 saturated heterocycles. The molecule has 3 N–H and O–H groups in total. The quantitative estimate of drug-likeness (QED) is 0.600. The second kappa shape index (κ2) is 6.60. The lowest BCUT2D eigenvalue weighted by atomic mass is 9.88. The summed E-state index contributed by atoms with van der Waals surface area (Å²) in [5.41, 5.74) is 6.03. The van der Waals surface area contributed by atoms with Crippen molar-refractivity contribution in [1.29, 1.82) is 0 Å². The normalized spacial score (nSPS) is 16.8. The maximum atomic E-state index is 15.6. The van der Waals surface area contributed by atoms with Gasteiger partial charge in [-0.2, -0.15) is 0 Å². The average molecular weight is 406 g/mol. The Labute approximate surface area is 171 Å². The van der Waals surface area contributed by atoms with Crippen LogP contribution in [-0.2, 0) is 32.2 Å². The molecule has 3 aliphatic rings. The first-order valence-corrected chi connectivity index (χ1v) is 10.1. The molecule has 1 aliphatic carbocycles. The summed E-state index contributed by atoms with van der Waals surface area (Å²) in [5.74, 6) is -0.434. The molecule has 0 fully saturated rings. The molecule has 3 aromatic heterocycles. The maximum Gasteiger partial charge on any atom is 0.258 e. The monoisotopic (exact) mass is 406 g/mol. The van der Waals surface area contributed by atoms with Gasteiger partial charge in [0.05, 0.1) is 22.5 Å². The fourth-order valence-electron chi connectivity index (χ4n) is 4.63. The van der Waals surface area contributed by atoms with E-state index in [1.165, 1.54) is 6.33 Å². The summed E-state index contributed by atoms with van der Waals surface area (Å²) in [7, 11) is 0. The number of hydrogen-bond donors (Lipinski definition) is 3. The SMILES string of the molecule is O=C1NCCc2[nH]c3c(c21)CCc1cnc(Oc2ncnc4c2CNCC4)c(F)c1-3. The molecule has 30 heavy (non-hydrogen) atoms. The summed E-state index contributed by atoms with van der Waals surface area (Å²) in [6.07, 6.45) is 5.87. The van der Waals surface area contributed by atoms with Gasteiger partial charge in [0.25, 0.3) is 11.8 Å². The van der Waals surface area contributed by atoms with E-state index in [0.717, 1.165) is 41.0 Å². The van der Waals surface area contributed by atoms with Gasteiger partial charge in [0.15, 0.2) is 5.82 Å². The molecule has 8 nitrogen and oxygen atoms in total. The number of nitrogens with zero attached hydrogens (tertiary/aromatic N) is 3. The lowest BCUT2D eigenvalue weighted by molar-refractivity contribution is 0.0945. The number of amides is 1. The minimum Gasteiger partial charge on any atom is -0.417 e. The fourth-order valence-corrected chi connectivity index (χ4v) is 4.63. The number of nitrogens with one attached hydrogen (secondary N) is 3. The molecule has 1 amide bonds. The highest BCUT2D eigenvalue weighted by Crippen LogP contribution is 2.41. The Kier molecular flexibility index (Phi) is 3.85. The van der Waals surface area contributed by atoms with Crippen molar-refractivity contribution in [3.05, 3.63) is 52.0 Å². The van der Waals surface area contributed by atoms with Gasteiger partial charge in [-0.05, 0) is 24.0 Å². The second-order valence-electron chi connectivity index (χ2n) is 7.75. The van der Waals surface area contributed by atoms with Crippen molar-refractivity contribution in [1.82, 2.24) is 30.6 Å². The zero-order valence-electron chi connectivity index (χ0n) is 16.1. The molecule has 0 spiro atoms. The highest BCUT2D eigenvalue weighted by atomic mass is 19.1. The van der Waals surface area contributed by atoms with Crippen molar-refractivity contribution in [2.45, 2.75) is 32.2 Å². The van der Waals surface area contributed by atoms with E-state index in [1.54, 1.807) is 6.20 Å². The Hall–Kier alpha value is -3.33. The van der Waals surface area contributed by atoms with E-state index in [2.05, 4.69) is 30.6 Å². The van der Waals surface area contributed by atoms with E-state index in [4.69, 9.17) is 4.74 Å². The number of ether oxygens (including phenoxy) is 1. The Bertz CT molecular complexity index is 1200. The predicted octanol–water partition coefficient (Wildman–Crippen LogP) is 1.83. The van der Waals surface area contributed by atoms with Crippen molar-refractivity contribution in [2.24, 2.45) is 0 Å². The van der Waals surface area contributed by atoms with Crippen LogP contribution in [0, 0.1) is 5.82 Å². The number of carbonyl (C=O) groups is 1. The number of H-pyrrole nitrogens is 1. The average Bonchev–Trinajstić information content (AvgIpc) is 3.15. The van der Waals surface area contributed by atoms with Gasteiger partial charge < -0.3 is 20.4 Å². The summed E-state index contributed by atoms with van der Waals surface area (Å²) in [6.45, 7) is 1.99.